The van der Waals surface area contributed by atoms with Crippen LogP contribution in [-0.2, 0) is 0 Å². The Labute approximate surface area is 173 Å². The van der Waals surface area contributed by atoms with Crippen molar-refractivity contribution in [1.82, 2.24) is 0 Å². The summed E-state index contributed by atoms with van der Waals surface area (Å²) in [5, 5.41) is 22.9. The number of rotatable bonds is 12. The highest BCUT2D eigenvalue weighted by Crippen LogP contribution is 2.39. The predicted molar refractivity (Wildman–Crippen MR) is 110 cm³/mol. The van der Waals surface area contributed by atoms with Gasteiger partial charge in [-0.3, -0.25) is 20.2 Å². The lowest BCUT2D eigenvalue weighted by atomic mass is 10.1. The first-order valence-corrected chi connectivity index (χ1v) is 13.0. The van der Waals surface area contributed by atoms with E-state index in [1.165, 1.54) is 30.0 Å². The summed E-state index contributed by atoms with van der Waals surface area (Å²) < 4.78 is 0. The molecule has 16 heteroatoms. The Morgan fingerprint density at radius 2 is 1.10 bits per heavy atom. The van der Waals surface area contributed by atoms with Gasteiger partial charge in [0, 0.05) is 39.3 Å². The van der Waals surface area contributed by atoms with Crippen LogP contribution in [0.4, 0.5) is 22.7 Å². The SMILES string of the molecule is CN(CCC[Si](O)(O)O)c1cc(N(C)CCC[Si](O)(O)O)c([N+](=O)[O-])cc1[N+](=O)[O-]. The molecule has 0 heterocycles. The average Bonchev–Trinajstić information content (AvgIpc) is 2.57. The molecule has 0 saturated carbocycles. The van der Waals surface area contributed by atoms with Crippen molar-refractivity contribution in [3.63, 3.8) is 0 Å². The molecule has 0 bridgehead atoms. The van der Waals surface area contributed by atoms with Crippen molar-refractivity contribution in [2.45, 2.75) is 24.9 Å². The molecule has 14 nitrogen and oxygen atoms in total. The first-order valence-electron chi connectivity index (χ1n) is 8.86. The van der Waals surface area contributed by atoms with Crippen molar-refractivity contribution >= 4 is 40.4 Å². The molecule has 6 N–H and O–H groups in total. The number of anilines is 2. The molecule has 0 unspecified atom stereocenters. The van der Waals surface area contributed by atoms with Gasteiger partial charge in [0.05, 0.1) is 15.9 Å². The van der Waals surface area contributed by atoms with E-state index in [0.29, 0.717) is 0 Å². The fourth-order valence-corrected chi connectivity index (χ4v) is 4.07. The van der Waals surface area contributed by atoms with E-state index < -0.39 is 38.8 Å². The zero-order chi connectivity index (χ0) is 23.3. The number of nitro groups is 2. The van der Waals surface area contributed by atoms with Crippen molar-refractivity contribution < 1.29 is 38.6 Å². The van der Waals surface area contributed by atoms with Crippen LogP contribution in [0.15, 0.2) is 12.1 Å². The average molecular weight is 467 g/mol. The summed E-state index contributed by atoms with van der Waals surface area (Å²) in [6.07, 6.45) is 0.226. The smallest absolute Gasteiger partial charge is 0.390 e. The van der Waals surface area contributed by atoms with E-state index in [0.717, 1.165) is 6.07 Å². The van der Waals surface area contributed by atoms with Crippen molar-refractivity contribution in [3.8, 4) is 0 Å². The molecule has 30 heavy (non-hydrogen) atoms. The second-order valence-corrected chi connectivity index (χ2v) is 11.0. The van der Waals surface area contributed by atoms with Crippen LogP contribution in [0.5, 0.6) is 0 Å². The number of hydrogen-bond acceptors (Lipinski definition) is 12. The van der Waals surface area contributed by atoms with Crippen LogP contribution in [0.1, 0.15) is 12.8 Å². The van der Waals surface area contributed by atoms with Gasteiger partial charge in [0.25, 0.3) is 11.4 Å². The molecule has 170 valence electrons. The minimum atomic E-state index is -4.26. The maximum atomic E-state index is 11.4. The van der Waals surface area contributed by atoms with E-state index in [2.05, 4.69) is 0 Å². The molecular weight excluding hydrogens is 440 g/mol. The summed E-state index contributed by atoms with van der Waals surface area (Å²) in [5.74, 6) is 0. The molecule has 0 spiro atoms. The van der Waals surface area contributed by atoms with E-state index >= 15 is 0 Å². The van der Waals surface area contributed by atoms with Gasteiger partial charge < -0.3 is 38.6 Å². The van der Waals surface area contributed by atoms with Crippen molar-refractivity contribution in [1.29, 1.82) is 0 Å². The molecule has 0 aliphatic carbocycles. The summed E-state index contributed by atoms with van der Waals surface area (Å²) >= 11 is 0. The number of benzene rings is 1. The van der Waals surface area contributed by atoms with E-state index in [-0.39, 0.29) is 49.4 Å². The molecule has 1 aromatic carbocycles. The van der Waals surface area contributed by atoms with Crippen molar-refractivity contribution in [3.05, 3.63) is 32.4 Å². The second-order valence-electron chi connectivity index (χ2n) is 6.94. The predicted octanol–water partition coefficient (Wildman–Crippen LogP) is -1.01. The molecule has 0 fully saturated rings. The molecule has 0 amide bonds. The second kappa shape index (κ2) is 10.2. The number of hydrogen-bond donors (Lipinski definition) is 6. The standard InChI is InChI=1S/C14H26N4O10Si2/c1-15(5-3-7-29(23,24)25)11-9-12(16(2)6-4-8-30(26,27)28)14(18(21)22)10-13(11)17(19)20/h9-10,23-28H,3-8H2,1-2H3. The Morgan fingerprint density at radius 1 is 0.767 bits per heavy atom. The van der Waals surface area contributed by atoms with Crippen LogP contribution >= 0.6 is 0 Å². The molecule has 0 aliphatic heterocycles. The van der Waals surface area contributed by atoms with E-state index in [1.54, 1.807) is 0 Å². The molecule has 1 aromatic rings. The van der Waals surface area contributed by atoms with E-state index in [4.69, 9.17) is 28.8 Å². The topological polar surface area (TPSA) is 214 Å². The highest BCUT2D eigenvalue weighted by atomic mass is 28.4. The zero-order valence-corrected chi connectivity index (χ0v) is 18.5. The Balaban J connectivity index is 3.22. The van der Waals surface area contributed by atoms with Crippen LogP contribution in [0, 0.1) is 20.2 Å². The van der Waals surface area contributed by atoms with Gasteiger partial charge in [-0.05, 0) is 18.9 Å². The lowest BCUT2D eigenvalue weighted by Crippen LogP contribution is -2.35. The highest BCUT2D eigenvalue weighted by molar-refractivity contribution is 6.56. The van der Waals surface area contributed by atoms with Gasteiger partial charge in [-0.1, -0.05) is 0 Å². The van der Waals surface area contributed by atoms with Gasteiger partial charge in [0.2, 0.25) is 0 Å². The quantitative estimate of drug-likeness (QED) is 0.124. The lowest BCUT2D eigenvalue weighted by Gasteiger charge is -2.24. The third-order valence-electron chi connectivity index (χ3n) is 4.30. The molecule has 0 radical (unpaired) electrons. The van der Waals surface area contributed by atoms with Crippen LogP contribution in [0.3, 0.4) is 0 Å². The zero-order valence-electron chi connectivity index (χ0n) is 16.5. The van der Waals surface area contributed by atoms with E-state index in [9.17, 15) is 20.2 Å². The van der Waals surface area contributed by atoms with Gasteiger partial charge >= 0.3 is 17.6 Å². The van der Waals surface area contributed by atoms with Crippen molar-refractivity contribution in [2.75, 3.05) is 37.0 Å². The minimum Gasteiger partial charge on any atom is -0.390 e. The molecule has 0 atom stereocenters. The highest BCUT2D eigenvalue weighted by Gasteiger charge is 2.30. The van der Waals surface area contributed by atoms with Gasteiger partial charge in [0.1, 0.15) is 11.4 Å². The number of nitrogens with zero attached hydrogens (tertiary/aromatic N) is 4. The molecule has 1 rings (SSSR count). The largest absolute Gasteiger partial charge is 0.492 e. The Hall–Kier alpha value is -2.19. The third-order valence-corrected chi connectivity index (χ3v) is 6.35. The van der Waals surface area contributed by atoms with Crippen LogP contribution in [0.2, 0.25) is 12.1 Å². The molecule has 0 saturated heterocycles. The van der Waals surface area contributed by atoms with Crippen molar-refractivity contribution in [2.24, 2.45) is 0 Å². The van der Waals surface area contributed by atoms with Crippen LogP contribution in [-0.4, -0.2) is 83.4 Å². The summed E-state index contributed by atoms with van der Waals surface area (Å²) in [7, 11) is -5.55. The Bertz CT molecular complexity index is 709. The first kappa shape index (κ1) is 25.8. The Kier molecular flexibility index (Phi) is 8.81. The Morgan fingerprint density at radius 3 is 1.37 bits per heavy atom. The van der Waals surface area contributed by atoms with E-state index in [1.807, 2.05) is 0 Å². The summed E-state index contributed by atoms with van der Waals surface area (Å²) in [4.78, 5) is 78.7. The summed E-state index contributed by atoms with van der Waals surface area (Å²) in [6.45, 7) is 0.206. The molecular formula is C14H26N4O10Si2. The fourth-order valence-electron chi connectivity index (χ4n) is 2.81. The van der Waals surface area contributed by atoms with Crippen LogP contribution < -0.4 is 9.80 Å². The monoisotopic (exact) mass is 466 g/mol. The first-order chi connectivity index (χ1) is 13.6. The normalized spacial score (nSPS) is 12.0. The minimum absolute atomic E-state index is 0.0451. The van der Waals surface area contributed by atoms with Crippen LogP contribution in [0.25, 0.3) is 0 Å². The molecule has 0 aliphatic rings. The maximum absolute atomic E-state index is 11.4. The molecule has 0 aromatic heterocycles. The van der Waals surface area contributed by atoms with Gasteiger partial charge in [0.15, 0.2) is 0 Å². The number of nitro benzene ring substituents is 2. The maximum Gasteiger partial charge on any atom is 0.492 e. The summed E-state index contributed by atoms with van der Waals surface area (Å²) in [5.41, 5.74) is -0.948. The summed E-state index contributed by atoms with van der Waals surface area (Å²) in [6, 6.07) is 1.52. The van der Waals surface area contributed by atoms with Gasteiger partial charge in [-0.2, -0.15) is 0 Å². The fraction of sp³-hybridized carbons (Fsp3) is 0.571. The van der Waals surface area contributed by atoms with Gasteiger partial charge in [-0.15, -0.1) is 0 Å². The van der Waals surface area contributed by atoms with Gasteiger partial charge in [-0.25, -0.2) is 0 Å². The third kappa shape index (κ3) is 8.28. The lowest BCUT2D eigenvalue weighted by molar-refractivity contribution is -0.393.